The van der Waals surface area contributed by atoms with Gasteiger partial charge in [0.05, 0.1) is 19.2 Å². The third-order valence-electron chi connectivity index (χ3n) is 4.00. The van der Waals surface area contributed by atoms with Gasteiger partial charge in [-0.15, -0.1) is 0 Å². The van der Waals surface area contributed by atoms with Crippen LogP contribution in [0.4, 0.5) is 0 Å². The Hall–Kier alpha value is -2.18. The molecule has 0 aromatic heterocycles. The second-order valence-corrected chi connectivity index (χ2v) is 7.40. The van der Waals surface area contributed by atoms with Gasteiger partial charge in [-0.3, -0.25) is 0 Å². The van der Waals surface area contributed by atoms with Gasteiger partial charge in [0, 0.05) is 11.3 Å². The lowest BCUT2D eigenvalue weighted by atomic mass is 10.0. The Labute approximate surface area is 165 Å². The number of methoxy groups -OCH3 is 1. The molecule has 0 aliphatic heterocycles. The van der Waals surface area contributed by atoms with Crippen LogP contribution in [0, 0.1) is 0 Å². The van der Waals surface area contributed by atoms with Crippen molar-refractivity contribution in [3.8, 4) is 17.2 Å². The quantitative estimate of drug-likeness (QED) is 0.627. The number of ether oxygens (including phenoxy) is 2. The molecule has 2 aromatic carbocycles. The SMILES string of the molecule is CCSOC(=O)[C@@H](N)Cc1ccc(Oc2ccc(OC)c(C(C)C)c2)cc1. The first-order chi connectivity index (χ1) is 12.9. The predicted octanol–water partition coefficient (Wildman–Crippen LogP) is 4.69. The lowest BCUT2D eigenvalue weighted by molar-refractivity contribution is -0.134. The minimum Gasteiger partial charge on any atom is -0.496 e. The lowest BCUT2D eigenvalue weighted by Crippen LogP contribution is -2.33. The van der Waals surface area contributed by atoms with Crippen molar-refractivity contribution in [1.82, 2.24) is 0 Å². The summed E-state index contributed by atoms with van der Waals surface area (Å²) in [6.07, 6.45) is 0.420. The molecule has 0 radical (unpaired) electrons. The molecule has 0 heterocycles. The van der Waals surface area contributed by atoms with Crippen LogP contribution in [0.25, 0.3) is 0 Å². The molecule has 146 valence electrons. The van der Waals surface area contributed by atoms with E-state index in [4.69, 9.17) is 19.4 Å². The first-order valence-electron chi connectivity index (χ1n) is 8.98. The Bertz CT molecular complexity index is 746. The molecule has 1 atom stereocenters. The standard InChI is InChI=1S/C21H27NO4S/c1-5-27-26-21(23)19(22)12-15-6-8-16(9-7-15)25-17-10-11-20(24-4)18(13-17)14(2)3/h6-11,13-14,19H,5,12,22H2,1-4H3/t19-/m0/s1. The van der Waals surface area contributed by atoms with Crippen molar-refractivity contribution in [2.45, 2.75) is 39.2 Å². The van der Waals surface area contributed by atoms with Gasteiger partial charge in [-0.05, 0) is 48.2 Å². The number of rotatable bonds is 9. The van der Waals surface area contributed by atoms with Gasteiger partial charge >= 0.3 is 5.97 Å². The summed E-state index contributed by atoms with van der Waals surface area (Å²) >= 11 is 1.11. The molecule has 0 bridgehead atoms. The zero-order chi connectivity index (χ0) is 19.8. The molecular formula is C21H27NO4S. The molecule has 27 heavy (non-hydrogen) atoms. The van der Waals surface area contributed by atoms with Crippen molar-refractivity contribution in [3.05, 3.63) is 53.6 Å². The predicted molar refractivity (Wildman–Crippen MR) is 110 cm³/mol. The third kappa shape index (κ3) is 6.19. The van der Waals surface area contributed by atoms with E-state index in [2.05, 4.69) is 13.8 Å². The highest BCUT2D eigenvalue weighted by Crippen LogP contribution is 2.32. The maximum atomic E-state index is 11.8. The average molecular weight is 390 g/mol. The van der Waals surface area contributed by atoms with Gasteiger partial charge in [-0.25, -0.2) is 4.79 Å². The largest absolute Gasteiger partial charge is 0.496 e. The Morgan fingerprint density at radius 2 is 1.78 bits per heavy atom. The van der Waals surface area contributed by atoms with Crippen LogP contribution in [-0.4, -0.2) is 24.9 Å². The van der Waals surface area contributed by atoms with Crippen molar-refractivity contribution in [2.24, 2.45) is 5.73 Å². The number of nitrogens with two attached hydrogens (primary N) is 1. The Morgan fingerprint density at radius 3 is 2.37 bits per heavy atom. The molecule has 0 saturated carbocycles. The summed E-state index contributed by atoms with van der Waals surface area (Å²) in [4.78, 5) is 11.8. The number of carbonyl (C=O) groups excluding carboxylic acids is 1. The first kappa shape index (κ1) is 21.1. The minimum absolute atomic E-state index is 0.331. The lowest BCUT2D eigenvalue weighted by Gasteiger charge is -2.14. The average Bonchev–Trinajstić information content (AvgIpc) is 2.67. The third-order valence-corrected chi connectivity index (χ3v) is 4.52. The van der Waals surface area contributed by atoms with E-state index in [-0.39, 0.29) is 0 Å². The molecule has 0 saturated heterocycles. The molecule has 2 rings (SSSR count). The van der Waals surface area contributed by atoms with Crippen LogP contribution >= 0.6 is 12.0 Å². The van der Waals surface area contributed by atoms with Crippen LogP contribution in [0.1, 0.15) is 37.8 Å². The monoisotopic (exact) mass is 389 g/mol. The second kappa shape index (κ2) is 10.2. The van der Waals surface area contributed by atoms with E-state index in [1.165, 1.54) is 0 Å². The van der Waals surface area contributed by atoms with E-state index in [1.807, 2.05) is 49.4 Å². The first-order valence-corrected chi connectivity index (χ1v) is 9.89. The maximum absolute atomic E-state index is 11.8. The minimum atomic E-state index is -0.675. The van der Waals surface area contributed by atoms with Crippen molar-refractivity contribution in [1.29, 1.82) is 0 Å². The fourth-order valence-electron chi connectivity index (χ4n) is 2.57. The van der Waals surface area contributed by atoms with E-state index in [1.54, 1.807) is 7.11 Å². The van der Waals surface area contributed by atoms with Crippen molar-refractivity contribution in [2.75, 3.05) is 12.9 Å². The Balaban J connectivity index is 2.01. The summed E-state index contributed by atoms with van der Waals surface area (Å²) in [6.45, 7) is 6.14. The molecule has 0 spiro atoms. The van der Waals surface area contributed by atoms with Gasteiger partial charge < -0.3 is 19.4 Å². The fourth-order valence-corrected chi connectivity index (χ4v) is 2.93. The van der Waals surface area contributed by atoms with Gasteiger partial charge in [-0.2, -0.15) is 0 Å². The Kier molecular flexibility index (Phi) is 8.00. The highest BCUT2D eigenvalue weighted by Gasteiger charge is 2.16. The summed E-state index contributed by atoms with van der Waals surface area (Å²) in [5.41, 5.74) is 7.94. The van der Waals surface area contributed by atoms with Crippen molar-refractivity contribution in [3.63, 3.8) is 0 Å². The smallest absolute Gasteiger partial charge is 0.335 e. The summed E-state index contributed by atoms with van der Waals surface area (Å²) in [6, 6.07) is 12.7. The highest BCUT2D eigenvalue weighted by molar-refractivity contribution is 7.95. The van der Waals surface area contributed by atoms with Crippen molar-refractivity contribution < 1.29 is 18.5 Å². The van der Waals surface area contributed by atoms with E-state index in [0.29, 0.717) is 18.1 Å². The summed E-state index contributed by atoms with van der Waals surface area (Å²) < 4.78 is 16.3. The van der Waals surface area contributed by atoms with Gasteiger partial charge in [-0.1, -0.05) is 32.9 Å². The summed E-state index contributed by atoms with van der Waals surface area (Å²) in [5, 5.41) is 0. The van der Waals surface area contributed by atoms with E-state index < -0.39 is 12.0 Å². The maximum Gasteiger partial charge on any atom is 0.335 e. The summed E-state index contributed by atoms with van der Waals surface area (Å²) in [5.74, 6) is 2.96. The van der Waals surface area contributed by atoms with Gasteiger partial charge in [0.2, 0.25) is 0 Å². The molecular weight excluding hydrogens is 362 g/mol. The number of carbonyl (C=O) groups is 1. The number of benzene rings is 2. The van der Waals surface area contributed by atoms with Gasteiger partial charge in [0.15, 0.2) is 0 Å². The van der Waals surface area contributed by atoms with Crippen molar-refractivity contribution >= 4 is 18.0 Å². The Morgan fingerprint density at radius 1 is 1.11 bits per heavy atom. The van der Waals surface area contributed by atoms with Crippen LogP contribution in [-0.2, 0) is 15.4 Å². The van der Waals surface area contributed by atoms with E-state index in [9.17, 15) is 4.79 Å². The zero-order valence-electron chi connectivity index (χ0n) is 16.2. The second-order valence-electron chi connectivity index (χ2n) is 6.42. The normalized spacial score (nSPS) is 11.9. The molecule has 5 nitrogen and oxygen atoms in total. The number of hydrogen-bond acceptors (Lipinski definition) is 6. The van der Waals surface area contributed by atoms with Crippen LogP contribution in [0.5, 0.6) is 17.2 Å². The molecule has 6 heteroatoms. The molecule has 0 unspecified atom stereocenters. The topological polar surface area (TPSA) is 70.8 Å². The van der Waals surface area contributed by atoms with E-state index in [0.717, 1.165) is 40.4 Å². The number of hydrogen-bond donors (Lipinski definition) is 1. The molecule has 2 N–H and O–H groups in total. The molecule has 0 aliphatic carbocycles. The summed E-state index contributed by atoms with van der Waals surface area (Å²) in [7, 11) is 1.67. The highest BCUT2D eigenvalue weighted by atomic mass is 32.2. The molecule has 0 amide bonds. The van der Waals surface area contributed by atoms with Crippen LogP contribution in [0.15, 0.2) is 42.5 Å². The van der Waals surface area contributed by atoms with Crippen LogP contribution < -0.4 is 15.2 Å². The molecule has 0 aliphatic rings. The van der Waals surface area contributed by atoms with Crippen LogP contribution in [0.3, 0.4) is 0 Å². The van der Waals surface area contributed by atoms with Gasteiger partial charge in [0.25, 0.3) is 0 Å². The molecule has 2 aromatic rings. The fraction of sp³-hybridized carbons (Fsp3) is 0.381. The van der Waals surface area contributed by atoms with Crippen LogP contribution in [0.2, 0.25) is 0 Å². The van der Waals surface area contributed by atoms with Gasteiger partial charge in [0.1, 0.15) is 23.3 Å². The zero-order valence-corrected chi connectivity index (χ0v) is 17.0. The van der Waals surface area contributed by atoms with E-state index >= 15 is 0 Å². The molecule has 0 fully saturated rings.